The molecular weight excluding hydrogens is 791 g/mol. The molecule has 4 aliphatic heterocycles. The van der Waals surface area contributed by atoms with Gasteiger partial charge in [-0.2, -0.15) is 0 Å². The van der Waals surface area contributed by atoms with E-state index in [1.807, 2.05) is 0 Å². The number of hydrogen-bond donors (Lipinski definition) is 0. The number of rotatable bonds is 0. The second kappa shape index (κ2) is 21.8. The Labute approximate surface area is 408 Å². The molecule has 0 spiro atoms. The first-order valence-electron chi connectivity index (χ1n) is 26.0. The van der Waals surface area contributed by atoms with E-state index in [1.165, 1.54) is 50.2 Å². The molecule has 5 heteroatoms. The molecular formula is C60H115N5. The summed E-state index contributed by atoms with van der Waals surface area (Å²) >= 11 is 0. The average molecular weight is 907 g/mol. The van der Waals surface area contributed by atoms with E-state index in [-0.39, 0.29) is 27.6 Å². The molecule has 1 saturated heterocycles. The fraction of sp³-hybridized carbons (Fsp3) is 0.833. The standard InChI is InChI=1S/C12H25N.3C12H23N.C12H21N/c5*1-11(2,3)10-8-7-9-13(10)12(4,5)6/h10H,7-9H2,1-6H3;8H,7,9H2,1-6H3;7,9-10H,8H2,1-6H3;7-8,10H,9H2,1-6H3;7-9H,1-6H3. The maximum Gasteiger partial charge on any atom is 0.0373 e. The fourth-order valence-electron chi connectivity index (χ4n) is 9.97. The van der Waals surface area contributed by atoms with E-state index in [9.17, 15) is 0 Å². The van der Waals surface area contributed by atoms with Crippen molar-refractivity contribution in [3.05, 3.63) is 60.2 Å². The third-order valence-electron chi connectivity index (χ3n) is 13.4. The molecule has 1 aromatic heterocycles. The predicted octanol–water partition coefficient (Wildman–Crippen LogP) is 16.7. The van der Waals surface area contributed by atoms with Crippen molar-refractivity contribution in [2.45, 2.75) is 285 Å². The molecule has 4 aliphatic rings. The normalized spacial score (nSPS) is 21.8. The summed E-state index contributed by atoms with van der Waals surface area (Å²) < 4.78 is 2.35. The lowest BCUT2D eigenvalue weighted by Crippen LogP contribution is -2.49. The van der Waals surface area contributed by atoms with E-state index < -0.39 is 0 Å². The van der Waals surface area contributed by atoms with Crippen molar-refractivity contribution < 1.29 is 0 Å². The maximum absolute atomic E-state index is 2.67. The van der Waals surface area contributed by atoms with E-state index in [0.717, 1.165) is 12.6 Å². The molecule has 5 nitrogen and oxygen atoms in total. The van der Waals surface area contributed by atoms with E-state index in [0.29, 0.717) is 39.3 Å². The fourth-order valence-corrected chi connectivity index (χ4v) is 9.97. The minimum atomic E-state index is 0.187. The SMILES string of the molecule is CC(C)(C)C1=CCCN1C(C)(C)C.CC(C)(C)C1C=CCN1C(C)(C)C.CC(C)(C)C1CC=CN1C(C)(C)C.CC(C)(C)C1CCCN1C(C)(C)C.CC(C)(C)c1cccn1C(C)(C)C. The zero-order chi connectivity index (χ0) is 51.4. The Morgan fingerprint density at radius 1 is 0.492 bits per heavy atom. The molecule has 1 fully saturated rings. The van der Waals surface area contributed by atoms with Crippen LogP contribution in [-0.4, -0.2) is 84.1 Å². The molecule has 65 heavy (non-hydrogen) atoms. The third-order valence-corrected chi connectivity index (χ3v) is 13.4. The smallest absolute Gasteiger partial charge is 0.0373 e. The van der Waals surface area contributed by atoms with Crippen LogP contribution in [0.2, 0.25) is 0 Å². The van der Waals surface area contributed by atoms with Gasteiger partial charge in [0.15, 0.2) is 0 Å². The Balaban J connectivity index is 0.000000406. The van der Waals surface area contributed by atoms with Crippen molar-refractivity contribution in [2.24, 2.45) is 21.7 Å². The van der Waals surface area contributed by atoms with Crippen LogP contribution in [0.25, 0.3) is 0 Å². The summed E-state index contributed by atoms with van der Waals surface area (Å²) in [6, 6.07) is 6.37. The van der Waals surface area contributed by atoms with Crippen LogP contribution >= 0.6 is 0 Å². The minimum absolute atomic E-state index is 0.187. The lowest BCUT2D eigenvalue weighted by Gasteiger charge is -2.44. The molecule has 380 valence electrons. The Bertz CT molecular complexity index is 1510. The molecule has 0 saturated carbocycles. The number of likely N-dealkylation sites (tertiary alicyclic amines) is 1. The van der Waals surface area contributed by atoms with Gasteiger partial charge in [-0.15, -0.1) is 0 Å². The lowest BCUT2D eigenvalue weighted by molar-refractivity contribution is 0.0582. The summed E-state index contributed by atoms with van der Waals surface area (Å²) in [4.78, 5) is 10.3. The number of hydrogen-bond acceptors (Lipinski definition) is 4. The van der Waals surface area contributed by atoms with Crippen LogP contribution in [0.4, 0.5) is 0 Å². The molecule has 5 heterocycles. The van der Waals surface area contributed by atoms with Gasteiger partial charge in [-0.05, 0) is 171 Å². The van der Waals surface area contributed by atoms with Gasteiger partial charge >= 0.3 is 0 Å². The van der Waals surface area contributed by atoms with Gasteiger partial charge in [0.25, 0.3) is 0 Å². The van der Waals surface area contributed by atoms with Crippen molar-refractivity contribution in [3.8, 4) is 0 Å². The van der Waals surface area contributed by atoms with Gasteiger partial charge in [0.2, 0.25) is 0 Å². The molecule has 0 amide bonds. The van der Waals surface area contributed by atoms with Crippen LogP contribution in [0.5, 0.6) is 0 Å². The van der Waals surface area contributed by atoms with Crippen LogP contribution in [-0.2, 0) is 11.0 Å². The van der Waals surface area contributed by atoms with Gasteiger partial charge in [0.1, 0.15) is 0 Å². The molecule has 0 aliphatic carbocycles. The molecule has 3 unspecified atom stereocenters. The van der Waals surface area contributed by atoms with Gasteiger partial charge in [0, 0.05) is 87.3 Å². The molecule has 5 rings (SSSR count). The Morgan fingerprint density at radius 3 is 1.31 bits per heavy atom. The quantitative estimate of drug-likeness (QED) is 0.241. The number of nitrogens with zero attached hydrogens (tertiary/aromatic N) is 5. The first-order chi connectivity index (χ1) is 28.6. The topological polar surface area (TPSA) is 17.9 Å². The molecule has 1 aromatic rings. The van der Waals surface area contributed by atoms with Crippen molar-refractivity contribution in [3.63, 3.8) is 0 Å². The highest BCUT2D eigenvalue weighted by Gasteiger charge is 2.40. The Morgan fingerprint density at radius 2 is 1.00 bits per heavy atom. The number of allylic oxidation sites excluding steroid dienone is 1. The summed E-state index contributed by atoms with van der Waals surface area (Å²) in [5.41, 5.74) is 5.93. The van der Waals surface area contributed by atoms with Gasteiger partial charge in [-0.3, -0.25) is 9.80 Å². The molecule has 0 aromatic carbocycles. The van der Waals surface area contributed by atoms with Crippen molar-refractivity contribution in [1.82, 2.24) is 24.2 Å². The first kappa shape index (κ1) is 61.0. The van der Waals surface area contributed by atoms with Crippen LogP contribution in [0, 0.1) is 21.7 Å². The van der Waals surface area contributed by atoms with Crippen LogP contribution < -0.4 is 0 Å². The third kappa shape index (κ3) is 19.1. The zero-order valence-electron chi connectivity index (χ0n) is 49.5. The van der Waals surface area contributed by atoms with Crippen molar-refractivity contribution in [2.75, 3.05) is 19.6 Å². The minimum Gasteiger partial charge on any atom is -0.369 e. The monoisotopic (exact) mass is 906 g/mol. The average Bonchev–Trinajstić information content (AvgIpc) is 3.92. The first-order valence-corrected chi connectivity index (χ1v) is 26.0. The van der Waals surface area contributed by atoms with Crippen molar-refractivity contribution in [1.29, 1.82) is 0 Å². The predicted molar refractivity (Wildman–Crippen MR) is 293 cm³/mol. The lowest BCUT2D eigenvalue weighted by atomic mass is 9.83. The van der Waals surface area contributed by atoms with E-state index in [2.05, 4.69) is 281 Å². The molecule has 3 atom stereocenters. The molecule has 0 bridgehead atoms. The second-order valence-electron chi connectivity index (χ2n) is 30.2. The van der Waals surface area contributed by atoms with E-state index in [1.54, 1.807) is 0 Å². The van der Waals surface area contributed by atoms with E-state index >= 15 is 0 Å². The highest BCUT2D eigenvalue weighted by molar-refractivity contribution is 5.19. The summed E-state index contributed by atoms with van der Waals surface area (Å²) in [6.07, 6.45) is 18.9. The largest absolute Gasteiger partial charge is 0.369 e. The van der Waals surface area contributed by atoms with Gasteiger partial charge in [0.05, 0.1) is 0 Å². The maximum atomic E-state index is 2.67. The highest BCUT2D eigenvalue weighted by Crippen LogP contribution is 2.39. The molecule has 0 N–H and O–H groups in total. The van der Waals surface area contributed by atoms with Crippen molar-refractivity contribution >= 4 is 0 Å². The second-order valence-corrected chi connectivity index (χ2v) is 30.2. The van der Waals surface area contributed by atoms with Gasteiger partial charge < -0.3 is 14.4 Å². The summed E-state index contributed by atoms with van der Waals surface area (Å²) in [5.74, 6) is 0. The summed E-state index contributed by atoms with van der Waals surface area (Å²) in [5, 5.41) is 0. The summed E-state index contributed by atoms with van der Waals surface area (Å²) in [7, 11) is 0. The van der Waals surface area contributed by atoms with Crippen LogP contribution in [0.1, 0.15) is 239 Å². The summed E-state index contributed by atoms with van der Waals surface area (Å²) in [6.45, 7) is 72.5. The van der Waals surface area contributed by atoms with Gasteiger partial charge in [-0.25, -0.2) is 0 Å². The van der Waals surface area contributed by atoms with Crippen LogP contribution in [0.15, 0.2) is 54.5 Å². The Hall–Kier alpha value is -1.98. The van der Waals surface area contributed by atoms with E-state index in [4.69, 9.17) is 0 Å². The highest BCUT2D eigenvalue weighted by atomic mass is 15.2. The molecule has 0 radical (unpaired) electrons. The van der Waals surface area contributed by atoms with Gasteiger partial charge in [-0.1, -0.05) is 128 Å². The Kier molecular flexibility index (Phi) is 20.4. The number of aromatic nitrogens is 1. The van der Waals surface area contributed by atoms with Crippen LogP contribution in [0.3, 0.4) is 0 Å². The zero-order valence-corrected chi connectivity index (χ0v) is 49.5.